The summed E-state index contributed by atoms with van der Waals surface area (Å²) < 4.78 is 4.93. The number of hydrogen-bond donors (Lipinski definition) is 1. The van der Waals surface area contributed by atoms with E-state index in [2.05, 4.69) is 5.32 Å². The van der Waals surface area contributed by atoms with Gasteiger partial charge in [-0.3, -0.25) is 14.9 Å². The van der Waals surface area contributed by atoms with Gasteiger partial charge in [0.1, 0.15) is 10.6 Å². The molecule has 0 saturated heterocycles. The van der Waals surface area contributed by atoms with E-state index in [1.807, 2.05) is 37.3 Å². The minimum Gasteiger partial charge on any atom is -0.465 e. The number of nitrogens with zero attached hydrogens (tertiary/aromatic N) is 1. The van der Waals surface area contributed by atoms with Crippen molar-refractivity contribution >= 4 is 40.0 Å². The normalized spacial score (nSPS) is 10.7. The van der Waals surface area contributed by atoms with E-state index in [1.54, 1.807) is 12.1 Å². The molecule has 0 aliphatic heterocycles. The summed E-state index contributed by atoms with van der Waals surface area (Å²) in [6.07, 6.45) is 2.73. The number of non-ortho nitro benzene ring substituents is 1. The average molecular weight is 422 g/mol. The minimum absolute atomic E-state index is 0.0630. The third kappa shape index (κ3) is 4.61. The molecule has 0 spiro atoms. The first-order valence-corrected chi connectivity index (χ1v) is 9.73. The van der Waals surface area contributed by atoms with Gasteiger partial charge < -0.3 is 10.1 Å². The van der Waals surface area contributed by atoms with Crippen molar-refractivity contribution in [3.8, 4) is 11.1 Å². The Morgan fingerprint density at radius 2 is 1.87 bits per heavy atom. The first-order valence-electron chi connectivity index (χ1n) is 8.91. The van der Waals surface area contributed by atoms with Gasteiger partial charge in [0, 0.05) is 28.6 Å². The third-order valence-electron chi connectivity index (χ3n) is 4.28. The largest absolute Gasteiger partial charge is 0.465 e. The van der Waals surface area contributed by atoms with Crippen LogP contribution >= 0.6 is 11.3 Å². The van der Waals surface area contributed by atoms with Crippen molar-refractivity contribution < 1.29 is 19.2 Å². The highest BCUT2D eigenvalue weighted by Crippen LogP contribution is 2.40. The molecule has 0 aliphatic carbocycles. The Kier molecular flexibility index (Phi) is 6.38. The number of amides is 1. The van der Waals surface area contributed by atoms with Crippen molar-refractivity contribution in [2.24, 2.45) is 0 Å². The Morgan fingerprint density at radius 1 is 1.13 bits per heavy atom. The molecule has 8 heteroatoms. The van der Waals surface area contributed by atoms with Crippen LogP contribution in [0.25, 0.3) is 17.2 Å². The fourth-order valence-electron chi connectivity index (χ4n) is 2.95. The lowest BCUT2D eigenvalue weighted by Crippen LogP contribution is -2.11. The van der Waals surface area contributed by atoms with E-state index < -0.39 is 16.8 Å². The topological polar surface area (TPSA) is 98.5 Å². The lowest BCUT2D eigenvalue weighted by atomic mass is 10.0. The predicted octanol–water partition coefficient (Wildman–Crippen LogP) is 5.07. The maximum atomic E-state index is 12.5. The number of esters is 1. The first kappa shape index (κ1) is 20.9. The van der Waals surface area contributed by atoms with Crippen molar-refractivity contribution in [3.63, 3.8) is 0 Å². The van der Waals surface area contributed by atoms with E-state index in [0.717, 1.165) is 10.4 Å². The number of benzene rings is 2. The molecule has 1 N–H and O–H groups in total. The molecule has 0 aliphatic rings. The maximum absolute atomic E-state index is 12.5. The predicted molar refractivity (Wildman–Crippen MR) is 117 cm³/mol. The number of nitrogens with one attached hydrogen (secondary N) is 1. The molecule has 0 fully saturated rings. The molecule has 1 heterocycles. The number of nitro groups is 1. The van der Waals surface area contributed by atoms with Gasteiger partial charge in [0.2, 0.25) is 5.91 Å². The third-order valence-corrected chi connectivity index (χ3v) is 5.30. The summed E-state index contributed by atoms with van der Waals surface area (Å²) >= 11 is 1.28. The number of hydrogen-bond acceptors (Lipinski definition) is 6. The van der Waals surface area contributed by atoms with Crippen LogP contribution in [-0.2, 0) is 9.53 Å². The zero-order chi connectivity index (χ0) is 21.7. The molecular weight excluding hydrogens is 404 g/mol. The second kappa shape index (κ2) is 9.15. The first-order chi connectivity index (χ1) is 14.4. The number of nitro benzene ring substituents is 1. The number of rotatable bonds is 6. The van der Waals surface area contributed by atoms with Gasteiger partial charge in [-0.05, 0) is 24.1 Å². The highest BCUT2D eigenvalue weighted by Gasteiger charge is 2.24. The monoisotopic (exact) mass is 422 g/mol. The van der Waals surface area contributed by atoms with Crippen LogP contribution in [0.3, 0.4) is 0 Å². The lowest BCUT2D eigenvalue weighted by molar-refractivity contribution is -0.384. The van der Waals surface area contributed by atoms with Crippen LogP contribution < -0.4 is 5.32 Å². The number of thiophene rings is 1. The molecule has 1 aromatic heterocycles. The van der Waals surface area contributed by atoms with Crippen LogP contribution in [0.1, 0.15) is 20.8 Å². The maximum Gasteiger partial charge on any atom is 0.341 e. The molecule has 2 aromatic carbocycles. The summed E-state index contributed by atoms with van der Waals surface area (Å²) in [7, 11) is 1.29. The summed E-state index contributed by atoms with van der Waals surface area (Å²) in [6.45, 7) is 1.87. The molecule has 7 nitrogen and oxygen atoms in total. The van der Waals surface area contributed by atoms with E-state index in [9.17, 15) is 19.7 Å². The molecule has 30 heavy (non-hydrogen) atoms. The van der Waals surface area contributed by atoms with Crippen LogP contribution in [0.15, 0.2) is 60.7 Å². The highest BCUT2D eigenvalue weighted by atomic mass is 32.1. The second-order valence-corrected chi connectivity index (χ2v) is 7.49. The van der Waals surface area contributed by atoms with Crippen LogP contribution in [0.4, 0.5) is 10.7 Å². The number of anilines is 1. The quantitative estimate of drug-likeness (QED) is 0.259. The van der Waals surface area contributed by atoms with E-state index in [-0.39, 0.29) is 5.69 Å². The molecule has 152 valence electrons. The van der Waals surface area contributed by atoms with Crippen molar-refractivity contribution in [1.82, 2.24) is 0 Å². The molecule has 3 rings (SSSR count). The standard InChI is InChI=1S/C22H18N2O5S/c1-14-19(16-8-4-3-5-9-16)20(22(26)29-2)21(30-14)23-18(25)12-11-15-7-6-10-17(13-15)24(27)28/h3-13H,1-2H3,(H,23,25)/b12-11+. The Hall–Kier alpha value is -3.78. The Bertz CT molecular complexity index is 1140. The van der Waals surface area contributed by atoms with Crippen LogP contribution in [0, 0.1) is 17.0 Å². The van der Waals surface area contributed by atoms with Crippen molar-refractivity contribution in [2.75, 3.05) is 12.4 Å². The van der Waals surface area contributed by atoms with Crippen LogP contribution in [-0.4, -0.2) is 23.9 Å². The molecular formula is C22H18N2O5S. The molecule has 0 atom stereocenters. The van der Waals surface area contributed by atoms with Crippen LogP contribution in [0.5, 0.6) is 0 Å². The van der Waals surface area contributed by atoms with Gasteiger partial charge in [-0.25, -0.2) is 4.79 Å². The highest BCUT2D eigenvalue weighted by molar-refractivity contribution is 7.17. The molecule has 1 amide bonds. The van der Waals surface area contributed by atoms with E-state index in [4.69, 9.17) is 4.74 Å². The molecule has 0 unspecified atom stereocenters. The number of methoxy groups -OCH3 is 1. The SMILES string of the molecule is COC(=O)c1c(NC(=O)/C=C/c2cccc([N+](=O)[O-])c2)sc(C)c1-c1ccccc1. The van der Waals surface area contributed by atoms with Crippen LogP contribution in [0.2, 0.25) is 0 Å². The van der Waals surface area contributed by atoms with E-state index in [0.29, 0.717) is 21.7 Å². The minimum atomic E-state index is -0.545. The Morgan fingerprint density at radius 3 is 2.53 bits per heavy atom. The average Bonchev–Trinajstić information content (AvgIpc) is 3.07. The molecule has 0 radical (unpaired) electrons. The number of carbonyl (C=O) groups excluding carboxylic acids is 2. The van der Waals surface area contributed by atoms with Gasteiger partial charge in [0.25, 0.3) is 5.69 Å². The number of aryl methyl sites for hydroxylation is 1. The zero-order valence-electron chi connectivity index (χ0n) is 16.2. The van der Waals surface area contributed by atoms with Gasteiger partial charge in [-0.1, -0.05) is 42.5 Å². The van der Waals surface area contributed by atoms with Crippen molar-refractivity contribution in [1.29, 1.82) is 0 Å². The van der Waals surface area contributed by atoms with E-state index in [1.165, 1.54) is 42.7 Å². The smallest absolute Gasteiger partial charge is 0.341 e. The molecule has 3 aromatic rings. The summed E-state index contributed by atoms with van der Waals surface area (Å²) in [5.41, 5.74) is 2.31. The van der Waals surface area contributed by atoms with E-state index >= 15 is 0 Å². The Labute approximate surface area is 176 Å². The molecule has 0 bridgehead atoms. The van der Waals surface area contributed by atoms with Gasteiger partial charge >= 0.3 is 5.97 Å². The number of carbonyl (C=O) groups is 2. The summed E-state index contributed by atoms with van der Waals surface area (Å²) in [6, 6.07) is 15.3. The van der Waals surface area contributed by atoms with Crippen molar-refractivity contribution in [2.45, 2.75) is 6.92 Å². The zero-order valence-corrected chi connectivity index (χ0v) is 17.1. The lowest BCUT2D eigenvalue weighted by Gasteiger charge is -2.07. The Balaban J connectivity index is 1.89. The van der Waals surface area contributed by atoms with Gasteiger partial charge in [0.15, 0.2) is 0 Å². The summed E-state index contributed by atoms with van der Waals surface area (Å²) in [4.78, 5) is 36.1. The number of ether oxygens (including phenoxy) is 1. The fraction of sp³-hybridized carbons (Fsp3) is 0.0909. The second-order valence-electron chi connectivity index (χ2n) is 6.27. The summed E-state index contributed by atoms with van der Waals surface area (Å²) in [5.74, 6) is -1.01. The van der Waals surface area contributed by atoms with Gasteiger partial charge in [-0.15, -0.1) is 11.3 Å². The summed E-state index contributed by atoms with van der Waals surface area (Å²) in [5, 5.41) is 14.0. The molecule has 0 saturated carbocycles. The van der Waals surface area contributed by atoms with Gasteiger partial charge in [0.05, 0.1) is 12.0 Å². The van der Waals surface area contributed by atoms with Gasteiger partial charge in [-0.2, -0.15) is 0 Å². The van der Waals surface area contributed by atoms with Crippen molar-refractivity contribution in [3.05, 3.63) is 86.8 Å². The fourth-order valence-corrected chi connectivity index (χ4v) is 4.02.